The van der Waals surface area contributed by atoms with Crippen LogP contribution >= 0.6 is 0 Å². The summed E-state index contributed by atoms with van der Waals surface area (Å²) in [5.74, 6) is 0.0584. The molecule has 1 saturated heterocycles. The van der Waals surface area contributed by atoms with Crippen molar-refractivity contribution in [3.63, 3.8) is 0 Å². The molecule has 0 atom stereocenters. The van der Waals surface area contributed by atoms with Crippen LogP contribution in [0.15, 0.2) is 24.3 Å². The van der Waals surface area contributed by atoms with Crippen LogP contribution < -0.4 is 10.6 Å². The fourth-order valence-electron chi connectivity index (χ4n) is 2.44. The van der Waals surface area contributed by atoms with E-state index in [9.17, 15) is 4.79 Å². The minimum absolute atomic E-state index is 0.0584. The number of aryl methyl sites for hydroxylation is 1. The number of carbonyl (C=O) groups excluding carboxylic acids is 1. The van der Waals surface area contributed by atoms with Crippen LogP contribution in [0.25, 0.3) is 0 Å². The minimum atomic E-state index is 0.0584. The SMILES string of the molecule is CCc1ccc(NC(=O)CCNCCN2CCOCC2)cc1. The molecule has 5 nitrogen and oxygen atoms in total. The number of rotatable bonds is 8. The number of amides is 1. The van der Waals surface area contributed by atoms with E-state index < -0.39 is 0 Å². The Bertz CT molecular complexity index is 442. The lowest BCUT2D eigenvalue weighted by atomic mass is 10.1. The Balaban J connectivity index is 1.55. The highest BCUT2D eigenvalue weighted by Crippen LogP contribution is 2.10. The van der Waals surface area contributed by atoms with Gasteiger partial charge >= 0.3 is 0 Å². The van der Waals surface area contributed by atoms with Crippen molar-refractivity contribution in [2.75, 3.05) is 51.3 Å². The molecule has 0 aromatic heterocycles. The largest absolute Gasteiger partial charge is 0.379 e. The molecule has 1 fully saturated rings. The Labute approximate surface area is 133 Å². The predicted octanol–water partition coefficient (Wildman–Crippen LogP) is 1.50. The van der Waals surface area contributed by atoms with E-state index >= 15 is 0 Å². The van der Waals surface area contributed by atoms with Crippen molar-refractivity contribution in [3.8, 4) is 0 Å². The zero-order valence-electron chi connectivity index (χ0n) is 13.4. The number of nitrogens with zero attached hydrogens (tertiary/aromatic N) is 1. The van der Waals surface area contributed by atoms with E-state index in [4.69, 9.17) is 4.74 Å². The summed E-state index contributed by atoms with van der Waals surface area (Å²) in [7, 11) is 0. The van der Waals surface area contributed by atoms with Gasteiger partial charge in [0.25, 0.3) is 0 Å². The molecule has 0 bridgehead atoms. The molecule has 22 heavy (non-hydrogen) atoms. The highest BCUT2D eigenvalue weighted by atomic mass is 16.5. The second-order valence-corrected chi connectivity index (χ2v) is 5.55. The van der Waals surface area contributed by atoms with Crippen LogP contribution in [0.3, 0.4) is 0 Å². The van der Waals surface area contributed by atoms with Crippen LogP contribution in [0.5, 0.6) is 0 Å². The first kappa shape index (κ1) is 16.9. The molecule has 1 amide bonds. The third kappa shape index (κ3) is 6.13. The Kier molecular flexibility index (Phi) is 7.36. The molecular formula is C17H27N3O2. The molecule has 2 N–H and O–H groups in total. The highest BCUT2D eigenvalue weighted by molar-refractivity contribution is 5.90. The van der Waals surface area contributed by atoms with Crippen molar-refractivity contribution in [1.82, 2.24) is 10.2 Å². The summed E-state index contributed by atoms with van der Waals surface area (Å²) in [5.41, 5.74) is 2.15. The average molecular weight is 305 g/mol. The Hall–Kier alpha value is -1.43. The molecule has 1 aliphatic heterocycles. The monoisotopic (exact) mass is 305 g/mol. The molecule has 0 radical (unpaired) electrons. The van der Waals surface area contributed by atoms with Gasteiger partial charge in [-0.25, -0.2) is 0 Å². The fraction of sp³-hybridized carbons (Fsp3) is 0.588. The molecule has 0 unspecified atom stereocenters. The van der Waals surface area contributed by atoms with Crippen LogP contribution in [-0.4, -0.2) is 56.7 Å². The molecule has 1 aromatic rings. The van der Waals surface area contributed by atoms with Crippen molar-refractivity contribution in [1.29, 1.82) is 0 Å². The lowest BCUT2D eigenvalue weighted by Gasteiger charge is -2.26. The zero-order valence-corrected chi connectivity index (χ0v) is 13.4. The zero-order chi connectivity index (χ0) is 15.6. The van der Waals surface area contributed by atoms with E-state index in [1.54, 1.807) is 0 Å². The van der Waals surface area contributed by atoms with Gasteiger partial charge in [-0.15, -0.1) is 0 Å². The van der Waals surface area contributed by atoms with E-state index in [0.29, 0.717) is 13.0 Å². The topological polar surface area (TPSA) is 53.6 Å². The van der Waals surface area contributed by atoms with Gasteiger partial charge in [0, 0.05) is 44.8 Å². The molecule has 1 heterocycles. The standard InChI is InChI=1S/C17H27N3O2/c1-2-15-3-5-16(6-4-15)19-17(21)7-8-18-9-10-20-11-13-22-14-12-20/h3-6,18H,2,7-14H2,1H3,(H,19,21). The van der Waals surface area contributed by atoms with E-state index in [-0.39, 0.29) is 5.91 Å². The number of ether oxygens (including phenoxy) is 1. The van der Waals surface area contributed by atoms with Crippen LogP contribution in [0.4, 0.5) is 5.69 Å². The van der Waals surface area contributed by atoms with Gasteiger partial charge in [0.05, 0.1) is 13.2 Å². The number of carbonyl (C=O) groups is 1. The summed E-state index contributed by atoms with van der Waals surface area (Å²) in [6.45, 7) is 8.45. The first-order chi connectivity index (χ1) is 10.8. The summed E-state index contributed by atoms with van der Waals surface area (Å²) < 4.78 is 5.31. The fourth-order valence-corrected chi connectivity index (χ4v) is 2.44. The first-order valence-corrected chi connectivity index (χ1v) is 8.17. The lowest BCUT2D eigenvalue weighted by Crippen LogP contribution is -2.40. The van der Waals surface area contributed by atoms with Gasteiger partial charge in [-0.2, -0.15) is 0 Å². The highest BCUT2D eigenvalue weighted by Gasteiger charge is 2.09. The van der Waals surface area contributed by atoms with Gasteiger partial charge < -0.3 is 15.4 Å². The molecule has 122 valence electrons. The molecule has 0 aliphatic carbocycles. The first-order valence-electron chi connectivity index (χ1n) is 8.17. The van der Waals surface area contributed by atoms with E-state index in [1.165, 1.54) is 5.56 Å². The lowest BCUT2D eigenvalue weighted by molar-refractivity contribution is -0.116. The van der Waals surface area contributed by atoms with Gasteiger partial charge in [-0.05, 0) is 24.1 Å². The molecule has 0 spiro atoms. The van der Waals surface area contributed by atoms with Crippen LogP contribution in [0.1, 0.15) is 18.9 Å². The minimum Gasteiger partial charge on any atom is -0.379 e. The molecule has 0 saturated carbocycles. The smallest absolute Gasteiger partial charge is 0.225 e. The van der Waals surface area contributed by atoms with E-state index in [2.05, 4.69) is 34.6 Å². The molecular weight excluding hydrogens is 278 g/mol. The maximum atomic E-state index is 11.9. The maximum absolute atomic E-state index is 11.9. The van der Waals surface area contributed by atoms with Gasteiger partial charge in [0.15, 0.2) is 0 Å². The van der Waals surface area contributed by atoms with Crippen molar-refractivity contribution in [3.05, 3.63) is 29.8 Å². The van der Waals surface area contributed by atoms with Crippen LogP contribution in [0, 0.1) is 0 Å². The second kappa shape index (κ2) is 9.56. The number of hydrogen-bond donors (Lipinski definition) is 2. The number of anilines is 1. The van der Waals surface area contributed by atoms with Crippen LogP contribution in [0.2, 0.25) is 0 Å². The predicted molar refractivity (Wildman–Crippen MR) is 89.2 cm³/mol. The van der Waals surface area contributed by atoms with E-state index in [1.807, 2.05) is 12.1 Å². The normalized spacial score (nSPS) is 15.7. The second-order valence-electron chi connectivity index (χ2n) is 5.55. The Morgan fingerprint density at radius 1 is 1.18 bits per heavy atom. The number of nitrogens with one attached hydrogen (secondary N) is 2. The average Bonchev–Trinajstić information content (AvgIpc) is 2.56. The third-order valence-corrected chi connectivity index (χ3v) is 3.88. The summed E-state index contributed by atoms with van der Waals surface area (Å²) in [6, 6.07) is 8.03. The molecule has 1 aliphatic rings. The van der Waals surface area contributed by atoms with Crippen molar-refractivity contribution in [2.45, 2.75) is 19.8 Å². The van der Waals surface area contributed by atoms with Gasteiger partial charge in [0.1, 0.15) is 0 Å². The Morgan fingerprint density at radius 3 is 2.59 bits per heavy atom. The maximum Gasteiger partial charge on any atom is 0.225 e. The summed E-state index contributed by atoms with van der Waals surface area (Å²) in [4.78, 5) is 14.2. The summed E-state index contributed by atoms with van der Waals surface area (Å²) >= 11 is 0. The van der Waals surface area contributed by atoms with Gasteiger partial charge in [-0.1, -0.05) is 19.1 Å². The molecule has 5 heteroatoms. The van der Waals surface area contributed by atoms with Crippen LogP contribution in [-0.2, 0) is 16.0 Å². The Morgan fingerprint density at radius 2 is 1.91 bits per heavy atom. The van der Waals surface area contributed by atoms with Gasteiger partial charge in [-0.3, -0.25) is 9.69 Å². The number of benzene rings is 1. The van der Waals surface area contributed by atoms with Crippen molar-refractivity contribution >= 4 is 11.6 Å². The van der Waals surface area contributed by atoms with Crippen molar-refractivity contribution < 1.29 is 9.53 Å². The quantitative estimate of drug-likeness (QED) is 0.715. The number of morpholine rings is 1. The molecule has 2 rings (SSSR count). The summed E-state index contributed by atoms with van der Waals surface area (Å²) in [5, 5.41) is 6.25. The van der Waals surface area contributed by atoms with E-state index in [0.717, 1.165) is 51.5 Å². The van der Waals surface area contributed by atoms with Gasteiger partial charge in [0.2, 0.25) is 5.91 Å². The van der Waals surface area contributed by atoms with Crippen molar-refractivity contribution in [2.24, 2.45) is 0 Å². The molecule has 1 aromatic carbocycles. The summed E-state index contributed by atoms with van der Waals surface area (Å²) in [6.07, 6.45) is 1.51. The third-order valence-electron chi connectivity index (χ3n) is 3.88. The number of hydrogen-bond acceptors (Lipinski definition) is 4.